The zero-order valence-electron chi connectivity index (χ0n) is 14.8. The number of carbonyl (C=O) groups excluding carboxylic acids is 1. The van der Waals surface area contributed by atoms with Crippen molar-refractivity contribution in [3.63, 3.8) is 0 Å². The quantitative estimate of drug-likeness (QED) is 0.776. The normalized spacial score (nSPS) is 22.6. The maximum Gasteiger partial charge on any atom is 0.242 e. The van der Waals surface area contributed by atoms with Crippen LogP contribution in [-0.4, -0.2) is 61.5 Å². The second kappa shape index (κ2) is 7.85. The Hall–Kier alpha value is -1.77. The van der Waals surface area contributed by atoms with Crippen molar-refractivity contribution in [3.05, 3.63) is 47.8 Å². The van der Waals surface area contributed by atoms with Crippen molar-refractivity contribution < 1.29 is 17.6 Å². The van der Waals surface area contributed by atoms with Crippen molar-refractivity contribution in [2.75, 3.05) is 25.9 Å². The maximum atomic E-state index is 13.3. The molecule has 1 fully saturated rings. The average molecular weight is 381 g/mol. The van der Waals surface area contributed by atoms with E-state index in [0.717, 1.165) is 37.8 Å². The van der Waals surface area contributed by atoms with Gasteiger partial charge in [-0.3, -0.25) is 9.69 Å². The van der Waals surface area contributed by atoms with E-state index in [4.69, 9.17) is 0 Å². The number of hydrogen-bond acceptors (Lipinski definition) is 4. The molecule has 3 rings (SSSR count). The fourth-order valence-corrected chi connectivity index (χ4v) is 4.41. The molecule has 0 spiro atoms. The zero-order chi connectivity index (χ0) is 18.7. The van der Waals surface area contributed by atoms with Crippen LogP contribution in [-0.2, 0) is 21.4 Å². The van der Waals surface area contributed by atoms with Crippen molar-refractivity contribution in [2.45, 2.75) is 31.5 Å². The van der Waals surface area contributed by atoms with Gasteiger partial charge in [0.05, 0.1) is 6.26 Å². The van der Waals surface area contributed by atoms with Gasteiger partial charge in [-0.25, -0.2) is 12.8 Å². The largest absolute Gasteiger partial charge is 0.352 e. The van der Waals surface area contributed by atoms with Crippen molar-refractivity contribution in [2.24, 2.45) is 0 Å². The monoisotopic (exact) mass is 381 g/mol. The van der Waals surface area contributed by atoms with Gasteiger partial charge in [0.1, 0.15) is 11.9 Å². The van der Waals surface area contributed by atoms with Gasteiger partial charge in [-0.1, -0.05) is 24.3 Å². The van der Waals surface area contributed by atoms with Crippen LogP contribution in [0.2, 0.25) is 0 Å². The molecule has 1 atom stereocenters. The third-order valence-corrected chi connectivity index (χ3v) is 6.07. The summed E-state index contributed by atoms with van der Waals surface area (Å²) in [6.07, 6.45) is 6.03. The Morgan fingerprint density at radius 2 is 2.04 bits per heavy atom. The number of piperidine rings is 1. The lowest BCUT2D eigenvalue weighted by Gasteiger charge is -2.33. The number of halogens is 1. The molecule has 0 bridgehead atoms. The van der Waals surface area contributed by atoms with Crippen LogP contribution in [0.15, 0.2) is 36.4 Å². The van der Waals surface area contributed by atoms with Crippen LogP contribution < -0.4 is 5.32 Å². The van der Waals surface area contributed by atoms with E-state index in [9.17, 15) is 17.6 Å². The number of likely N-dealkylation sites (tertiary alicyclic amines) is 1. The Bertz CT molecular complexity index is 789. The van der Waals surface area contributed by atoms with Crippen LogP contribution in [0.1, 0.15) is 18.4 Å². The molecule has 2 aliphatic heterocycles. The summed E-state index contributed by atoms with van der Waals surface area (Å²) < 4.78 is 38.0. The molecule has 0 aromatic heterocycles. The number of nitrogens with zero attached hydrogens (tertiary/aromatic N) is 2. The first kappa shape index (κ1) is 19.0. The third kappa shape index (κ3) is 4.69. The van der Waals surface area contributed by atoms with Gasteiger partial charge < -0.3 is 5.32 Å². The van der Waals surface area contributed by atoms with Crippen molar-refractivity contribution in [1.82, 2.24) is 14.5 Å². The molecular formula is C18H24FN3O3S. The molecule has 1 aromatic carbocycles. The molecule has 8 heteroatoms. The summed E-state index contributed by atoms with van der Waals surface area (Å²) in [6.45, 7) is 2.53. The van der Waals surface area contributed by atoms with Gasteiger partial charge in [0, 0.05) is 32.2 Å². The topological polar surface area (TPSA) is 69.7 Å². The van der Waals surface area contributed by atoms with E-state index in [0.29, 0.717) is 6.54 Å². The summed E-state index contributed by atoms with van der Waals surface area (Å²) >= 11 is 0. The van der Waals surface area contributed by atoms with Gasteiger partial charge in [0.2, 0.25) is 15.9 Å². The average Bonchev–Trinajstić information content (AvgIpc) is 3.07. The first-order chi connectivity index (χ1) is 12.3. The van der Waals surface area contributed by atoms with Crippen LogP contribution in [0.25, 0.3) is 0 Å². The molecule has 0 radical (unpaired) electrons. The molecule has 26 heavy (non-hydrogen) atoms. The number of sulfonamides is 1. The van der Waals surface area contributed by atoms with Crippen LogP contribution >= 0.6 is 0 Å². The molecule has 2 heterocycles. The Kier molecular flexibility index (Phi) is 5.74. The number of nitrogens with one attached hydrogen (secondary N) is 1. The smallest absolute Gasteiger partial charge is 0.242 e. The lowest BCUT2D eigenvalue weighted by Crippen LogP contribution is -2.51. The molecule has 2 aliphatic rings. The molecule has 1 N–H and O–H groups in total. The van der Waals surface area contributed by atoms with E-state index in [1.165, 1.54) is 10.4 Å². The minimum absolute atomic E-state index is 0.0293. The van der Waals surface area contributed by atoms with Gasteiger partial charge in [-0.15, -0.1) is 0 Å². The molecule has 0 unspecified atom stereocenters. The number of carbonyl (C=O) groups is 1. The van der Waals surface area contributed by atoms with E-state index in [1.807, 2.05) is 6.07 Å². The van der Waals surface area contributed by atoms with Gasteiger partial charge in [0.25, 0.3) is 0 Å². The van der Waals surface area contributed by atoms with Crippen LogP contribution in [0, 0.1) is 5.82 Å². The minimum atomic E-state index is -3.41. The summed E-state index contributed by atoms with van der Waals surface area (Å²) in [5, 5.41) is 2.97. The van der Waals surface area contributed by atoms with Crippen LogP contribution in [0.4, 0.5) is 4.39 Å². The minimum Gasteiger partial charge on any atom is -0.352 e. The first-order valence-electron chi connectivity index (χ1n) is 8.73. The molecule has 0 saturated carbocycles. The van der Waals surface area contributed by atoms with Crippen molar-refractivity contribution in [1.29, 1.82) is 0 Å². The highest BCUT2D eigenvalue weighted by Gasteiger charge is 2.34. The molecular weight excluding hydrogens is 357 g/mol. The summed E-state index contributed by atoms with van der Waals surface area (Å²) in [4.78, 5) is 14.7. The molecule has 142 valence electrons. The zero-order valence-corrected chi connectivity index (χ0v) is 15.6. The standard InChI is InChI=1S/C18H24FN3O3S/c1-26(24,25)22-9-3-6-17(22)18(23)20-16-7-10-21(11-8-16)13-14-4-2-5-15(19)12-14/h2-6,12,16-17H,7-11,13H2,1H3,(H,20,23)/t17-/m0/s1. The summed E-state index contributed by atoms with van der Waals surface area (Å²) in [5.41, 5.74) is 0.937. The molecule has 6 nitrogen and oxygen atoms in total. The predicted molar refractivity (Wildman–Crippen MR) is 97.3 cm³/mol. The van der Waals surface area contributed by atoms with Gasteiger partial charge in [-0.2, -0.15) is 4.31 Å². The summed E-state index contributed by atoms with van der Waals surface area (Å²) in [6, 6.07) is 5.86. The Morgan fingerprint density at radius 1 is 1.31 bits per heavy atom. The lowest BCUT2D eigenvalue weighted by atomic mass is 10.0. The van der Waals surface area contributed by atoms with E-state index < -0.39 is 16.1 Å². The Labute approximate surface area is 153 Å². The Balaban J connectivity index is 1.49. The van der Waals surface area contributed by atoms with Gasteiger partial charge in [-0.05, 0) is 30.5 Å². The second-order valence-electron chi connectivity index (χ2n) is 6.89. The molecule has 1 saturated heterocycles. The van der Waals surface area contributed by atoms with E-state index in [2.05, 4.69) is 10.2 Å². The SMILES string of the molecule is CS(=O)(=O)N1CC=C[C@H]1C(=O)NC1CCN(Cc2cccc(F)c2)CC1. The number of amides is 1. The third-order valence-electron chi connectivity index (χ3n) is 4.84. The highest BCUT2D eigenvalue weighted by Crippen LogP contribution is 2.17. The number of hydrogen-bond donors (Lipinski definition) is 1. The van der Waals surface area contributed by atoms with Crippen LogP contribution in [0.3, 0.4) is 0 Å². The van der Waals surface area contributed by atoms with E-state index >= 15 is 0 Å². The lowest BCUT2D eigenvalue weighted by molar-refractivity contribution is -0.124. The first-order valence-corrected chi connectivity index (χ1v) is 10.6. The number of benzene rings is 1. The summed E-state index contributed by atoms with van der Waals surface area (Å²) in [7, 11) is -3.41. The number of rotatable bonds is 5. The highest BCUT2D eigenvalue weighted by molar-refractivity contribution is 7.88. The Morgan fingerprint density at radius 3 is 2.69 bits per heavy atom. The van der Waals surface area contributed by atoms with Crippen LogP contribution in [0.5, 0.6) is 0 Å². The predicted octanol–water partition coefficient (Wildman–Crippen LogP) is 1.11. The molecule has 1 amide bonds. The summed E-state index contributed by atoms with van der Waals surface area (Å²) in [5.74, 6) is -0.502. The maximum absolute atomic E-state index is 13.3. The fraction of sp³-hybridized carbons (Fsp3) is 0.500. The van der Waals surface area contributed by atoms with E-state index in [1.54, 1.807) is 24.3 Å². The second-order valence-corrected chi connectivity index (χ2v) is 8.83. The van der Waals surface area contributed by atoms with Gasteiger partial charge >= 0.3 is 0 Å². The van der Waals surface area contributed by atoms with Crippen molar-refractivity contribution in [3.8, 4) is 0 Å². The fourth-order valence-electron chi connectivity index (χ4n) is 3.48. The highest BCUT2D eigenvalue weighted by atomic mass is 32.2. The van der Waals surface area contributed by atoms with E-state index in [-0.39, 0.29) is 24.3 Å². The van der Waals surface area contributed by atoms with Gasteiger partial charge in [0.15, 0.2) is 0 Å². The molecule has 0 aliphatic carbocycles. The molecule has 1 aromatic rings. The van der Waals surface area contributed by atoms with Crippen molar-refractivity contribution >= 4 is 15.9 Å².